The van der Waals surface area contributed by atoms with Gasteiger partial charge in [-0.2, -0.15) is 5.10 Å². The van der Waals surface area contributed by atoms with E-state index in [-0.39, 0.29) is 30.5 Å². The third-order valence-corrected chi connectivity index (χ3v) is 5.10. The number of benzene rings is 2. The first-order chi connectivity index (χ1) is 15.4. The number of ether oxygens (including phenoxy) is 2. The number of halogens is 1. The predicted octanol–water partition coefficient (Wildman–Crippen LogP) is 2.94. The summed E-state index contributed by atoms with van der Waals surface area (Å²) in [5.74, 6) is 0.597. The lowest BCUT2D eigenvalue weighted by Gasteiger charge is -2.10. The number of amides is 1. The Morgan fingerprint density at radius 2 is 1.97 bits per heavy atom. The molecule has 11 nitrogen and oxygen atoms in total. The molecule has 0 fully saturated rings. The fraction of sp³-hybridized carbons (Fsp3) is 0.158. The Morgan fingerprint density at radius 1 is 1.22 bits per heavy atom. The highest BCUT2D eigenvalue weighted by atomic mass is 79.9. The Hall–Kier alpha value is -3.58. The molecule has 0 unspecified atom stereocenters. The van der Waals surface area contributed by atoms with E-state index in [0.717, 1.165) is 15.8 Å². The van der Waals surface area contributed by atoms with Crippen molar-refractivity contribution in [2.45, 2.75) is 6.42 Å². The summed E-state index contributed by atoms with van der Waals surface area (Å²) < 4.78 is 12.2. The molecule has 0 bridgehead atoms. The molecule has 0 spiro atoms. The average Bonchev–Trinajstić information content (AvgIpc) is 3.17. The quantitative estimate of drug-likeness (QED) is 0.179. The number of nitro benzene ring substituents is 1. The first-order valence-electron chi connectivity index (χ1n) is 9.10. The molecule has 2 aromatic carbocycles. The summed E-state index contributed by atoms with van der Waals surface area (Å²) in [5, 5.41) is 23.0. The summed E-state index contributed by atoms with van der Waals surface area (Å²) in [6.07, 6.45) is 1.22. The molecule has 0 radical (unpaired) electrons. The van der Waals surface area contributed by atoms with Crippen LogP contribution in [0.2, 0.25) is 0 Å². The maximum atomic E-state index is 12.0. The van der Waals surface area contributed by atoms with Gasteiger partial charge in [-0.3, -0.25) is 14.9 Å². The fourth-order valence-electron chi connectivity index (χ4n) is 2.41. The Balaban J connectivity index is 1.59. The summed E-state index contributed by atoms with van der Waals surface area (Å²) in [7, 11) is 0. The minimum atomic E-state index is -0.532. The predicted molar refractivity (Wildman–Crippen MR) is 122 cm³/mol. The summed E-state index contributed by atoms with van der Waals surface area (Å²) in [4.78, 5) is 22.5. The second-order valence-corrected chi connectivity index (χ2v) is 8.14. The van der Waals surface area contributed by atoms with Crippen molar-refractivity contribution >= 4 is 50.2 Å². The van der Waals surface area contributed by atoms with Gasteiger partial charge in [0.25, 0.3) is 5.69 Å². The molecule has 13 heteroatoms. The van der Waals surface area contributed by atoms with Crippen molar-refractivity contribution in [1.29, 1.82) is 0 Å². The zero-order valence-corrected chi connectivity index (χ0v) is 18.8. The highest BCUT2D eigenvalue weighted by molar-refractivity contribution is 9.10. The fourth-order valence-corrected chi connectivity index (χ4v) is 3.28. The molecule has 1 heterocycles. The molecule has 3 rings (SSSR count). The van der Waals surface area contributed by atoms with Crippen molar-refractivity contribution in [2.75, 3.05) is 18.9 Å². The Labute approximate surface area is 194 Å². The van der Waals surface area contributed by atoms with Gasteiger partial charge in [0.05, 0.1) is 17.6 Å². The summed E-state index contributed by atoms with van der Waals surface area (Å²) >= 11 is 4.45. The number of rotatable bonds is 10. The molecule has 0 aliphatic carbocycles. The number of nitrogens with two attached hydrogens (primary N) is 1. The molecule has 3 N–H and O–H groups in total. The number of carbonyl (C=O) groups is 1. The number of non-ortho nitro benzene ring substituents is 1. The number of carbonyl (C=O) groups excluding carboxylic acids is 1. The summed E-state index contributed by atoms with van der Waals surface area (Å²) in [5.41, 5.74) is 8.00. The van der Waals surface area contributed by atoms with Crippen LogP contribution in [0.25, 0.3) is 0 Å². The van der Waals surface area contributed by atoms with E-state index in [9.17, 15) is 14.9 Å². The lowest BCUT2D eigenvalue weighted by Crippen LogP contribution is -2.19. The topological polar surface area (TPSA) is 155 Å². The smallest absolute Gasteiger partial charge is 0.270 e. The van der Waals surface area contributed by atoms with Gasteiger partial charge in [0.1, 0.15) is 29.7 Å². The average molecular weight is 521 g/mol. The second-order valence-electron chi connectivity index (χ2n) is 6.13. The third-order valence-electron chi connectivity index (χ3n) is 3.81. The number of nitrogens with zero attached hydrogens (tertiary/aromatic N) is 4. The Kier molecular flexibility index (Phi) is 8.05. The van der Waals surface area contributed by atoms with Crippen LogP contribution in [0, 0.1) is 10.1 Å². The second kappa shape index (κ2) is 11.2. The van der Waals surface area contributed by atoms with Crippen molar-refractivity contribution in [3.8, 4) is 11.5 Å². The molecule has 1 aromatic heterocycles. The molecule has 166 valence electrons. The van der Waals surface area contributed by atoms with E-state index < -0.39 is 10.8 Å². The van der Waals surface area contributed by atoms with Crippen LogP contribution in [0.3, 0.4) is 0 Å². The Bertz CT molecular complexity index is 1120. The molecule has 1 amide bonds. The van der Waals surface area contributed by atoms with Crippen molar-refractivity contribution < 1.29 is 19.2 Å². The van der Waals surface area contributed by atoms with E-state index in [0.29, 0.717) is 22.1 Å². The van der Waals surface area contributed by atoms with Gasteiger partial charge in [-0.05, 0) is 30.3 Å². The number of nitrogens with one attached hydrogen (secondary N) is 1. The molecule has 0 aliphatic heterocycles. The summed E-state index contributed by atoms with van der Waals surface area (Å²) in [6.45, 7) is 0.455. The van der Waals surface area contributed by atoms with Crippen LogP contribution in [0.15, 0.2) is 52.0 Å². The zero-order valence-electron chi connectivity index (χ0n) is 16.4. The first kappa shape index (κ1) is 23.1. The monoisotopic (exact) mass is 520 g/mol. The number of nitro groups is 1. The van der Waals surface area contributed by atoms with E-state index in [2.05, 4.69) is 36.7 Å². The van der Waals surface area contributed by atoms with Crippen LogP contribution in [0.4, 0.5) is 10.8 Å². The number of hydrogen-bond donors (Lipinski definition) is 2. The van der Waals surface area contributed by atoms with Gasteiger partial charge in [-0.1, -0.05) is 27.3 Å². The minimum absolute atomic E-state index is 0.0438. The minimum Gasteiger partial charge on any atom is -0.490 e. The number of hydrogen-bond acceptors (Lipinski definition) is 10. The van der Waals surface area contributed by atoms with Gasteiger partial charge < -0.3 is 15.2 Å². The van der Waals surface area contributed by atoms with E-state index in [1.165, 1.54) is 24.4 Å². The largest absolute Gasteiger partial charge is 0.490 e. The number of aromatic nitrogens is 2. The van der Waals surface area contributed by atoms with Crippen LogP contribution < -0.4 is 20.6 Å². The molecular weight excluding hydrogens is 504 g/mol. The molecule has 0 atom stereocenters. The maximum absolute atomic E-state index is 12.0. The van der Waals surface area contributed by atoms with E-state index in [1.807, 2.05) is 24.3 Å². The molecule has 0 saturated carbocycles. The molecule has 0 aliphatic rings. The van der Waals surface area contributed by atoms with Crippen LogP contribution in [0.1, 0.15) is 10.6 Å². The highest BCUT2D eigenvalue weighted by Crippen LogP contribution is 2.23. The highest BCUT2D eigenvalue weighted by Gasteiger charge is 2.12. The van der Waals surface area contributed by atoms with Crippen LogP contribution in [-0.4, -0.2) is 40.5 Å². The normalized spacial score (nSPS) is 10.8. The lowest BCUT2D eigenvalue weighted by molar-refractivity contribution is -0.384. The number of nitrogen functional groups attached to an aromatic ring is 1. The van der Waals surface area contributed by atoms with Gasteiger partial charge in [0.15, 0.2) is 0 Å². The zero-order chi connectivity index (χ0) is 22.9. The standard InChI is InChI=1S/C19H17BrN6O5S/c20-13-1-4-15(5-2-13)30-7-8-31-16-6-3-14(26(28)29)9-12(16)11-22-23-17(27)10-18-24-25-19(21)32-18/h1-6,9,11H,7-8,10H2,(H2,21,25)(H,23,27). The van der Waals surface area contributed by atoms with Crippen LogP contribution >= 0.6 is 27.3 Å². The number of hydrazone groups is 1. The van der Waals surface area contributed by atoms with Crippen LogP contribution in [-0.2, 0) is 11.2 Å². The van der Waals surface area contributed by atoms with Gasteiger partial charge in [0, 0.05) is 22.2 Å². The Morgan fingerprint density at radius 3 is 2.66 bits per heavy atom. The van der Waals surface area contributed by atoms with E-state index in [4.69, 9.17) is 15.2 Å². The lowest BCUT2D eigenvalue weighted by atomic mass is 10.2. The van der Waals surface area contributed by atoms with E-state index in [1.54, 1.807) is 0 Å². The van der Waals surface area contributed by atoms with Gasteiger partial charge in [-0.25, -0.2) is 5.43 Å². The molecule has 3 aromatic rings. The molecular formula is C19H17BrN6O5S. The van der Waals surface area contributed by atoms with Crippen molar-refractivity contribution in [1.82, 2.24) is 15.6 Å². The number of anilines is 1. The maximum Gasteiger partial charge on any atom is 0.270 e. The summed E-state index contributed by atoms with van der Waals surface area (Å²) in [6, 6.07) is 11.4. The van der Waals surface area contributed by atoms with Crippen molar-refractivity contribution in [3.05, 3.63) is 67.6 Å². The molecule has 0 saturated heterocycles. The SMILES string of the molecule is Nc1nnc(CC(=O)NN=Cc2cc([N+](=O)[O-])ccc2OCCOc2ccc(Br)cc2)s1. The van der Waals surface area contributed by atoms with Crippen molar-refractivity contribution in [2.24, 2.45) is 5.10 Å². The van der Waals surface area contributed by atoms with Gasteiger partial charge in [0.2, 0.25) is 11.0 Å². The van der Waals surface area contributed by atoms with Gasteiger partial charge in [-0.15, -0.1) is 10.2 Å². The van der Waals surface area contributed by atoms with Gasteiger partial charge >= 0.3 is 0 Å². The first-order valence-corrected chi connectivity index (χ1v) is 10.7. The molecule has 32 heavy (non-hydrogen) atoms. The van der Waals surface area contributed by atoms with E-state index >= 15 is 0 Å². The third kappa shape index (κ3) is 6.99. The van der Waals surface area contributed by atoms with Crippen molar-refractivity contribution in [3.63, 3.8) is 0 Å². The van der Waals surface area contributed by atoms with Crippen LogP contribution in [0.5, 0.6) is 11.5 Å².